The van der Waals surface area contributed by atoms with E-state index in [2.05, 4.69) is 4.74 Å². The number of nitrogens with zero attached hydrogens (tertiary/aromatic N) is 1. The number of carbonyl (C=O) groups is 2. The number of methoxy groups -OCH3 is 1. The minimum atomic E-state index is -4.34. The fraction of sp³-hybridized carbons (Fsp3) is 0.800. The van der Waals surface area contributed by atoms with Crippen molar-refractivity contribution < 1.29 is 27.5 Å². The molecule has 0 saturated carbocycles. The van der Waals surface area contributed by atoms with E-state index < -0.39 is 36.9 Å². The number of rotatable bonds is 5. The van der Waals surface area contributed by atoms with Gasteiger partial charge >= 0.3 is 12.3 Å². The maximum absolute atomic E-state index is 12.1. The number of hydrogen-bond donors (Lipinski definition) is 0. The summed E-state index contributed by atoms with van der Waals surface area (Å²) in [6.07, 6.45) is -6.64. The number of hydrogen-bond acceptors (Lipinski definition) is 3. The summed E-state index contributed by atoms with van der Waals surface area (Å²) in [6.45, 7) is 1.54. The SMILES string of the molecule is CCC(=O)C(CCC(F)(F)F)N(C)C(=O)OC. The molecule has 100 valence electrons. The molecular weight excluding hydrogens is 239 g/mol. The molecule has 0 aromatic carbocycles. The molecule has 17 heavy (non-hydrogen) atoms. The van der Waals surface area contributed by atoms with Gasteiger partial charge in [-0.1, -0.05) is 6.92 Å². The molecule has 1 unspecified atom stereocenters. The fourth-order valence-corrected chi connectivity index (χ4v) is 1.38. The molecule has 0 rings (SSSR count). The highest BCUT2D eigenvalue weighted by molar-refractivity contribution is 5.87. The molecule has 0 heterocycles. The fourth-order valence-electron chi connectivity index (χ4n) is 1.38. The predicted molar refractivity (Wildman–Crippen MR) is 54.5 cm³/mol. The summed E-state index contributed by atoms with van der Waals surface area (Å²) in [5.41, 5.74) is 0. The summed E-state index contributed by atoms with van der Waals surface area (Å²) >= 11 is 0. The lowest BCUT2D eigenvalue weighted by Crippen LogP contribution is -2.42. The standard InChI is InChI=1S/C10H16F3NO3/c1-4-8(15)7(5-6-10(11,12)13)14(2)9(16)17-3/h7H,4-6H2,1-3H3. The summed E-state index contributed by atoms with van der Waals surface area (Å²) in [7, 11) is 2.36. The van der Waals surface area contributed by atoms with E-state index >= 15 is 0 Å². The third-order valence-corrected chi connectivity index (χ3v) is 2.35. The molecule has 0 aliphatic rings. The minimum Gasteiger partial charge on any atom is -0.453 e. The van der Waals surface area contributed by atoms with Gasteiger partial charge in [-0.2, -0.15) is 13.2 Å². The van der Waals surface area contributed by atoms with Gasteiger partial charge in [-0.15, -0.1) is 0 Å². The number of Topliss-reactive ketones (excluding diaryl/α,β-unsaturated/α-hetero) is 1. The molecule has 0 aromatic heterocycles. The van der Waals surface area contributed by atoms with Crippen molar-refractivity contribution in [2.45, 2.75) is 38.4 Å². The molecule has 0 radical (unpaired) electrons. The molecule has 1 amide bonds. The van der Waals surface area contributed by atoms with Crippen molar-refractivity contribution in [2.75, 3.05) is 14.2 Å². The second-order valence-corrected chi connectivity index (χ2v) is 3.57. The first-order valence-electron chi connectivity index (χ1n) is 5.13. The van der Waals surface area contributed by atoms with Crippen LogP contribution in [0, 0.1) is 0 Å². The summed E-state index contributed by atoms with van der Waals surface area (Å²) in [5, 5.41) is 0. The van der Waals surface area contributed by atoms with Gasteiger partial charge in [-0.25, -0.2) is 4.79 Å². The third-order valence-electron chi connectivity index (χ3n) is 2.35. The molecule has 0 N–H and O–H groups in total. The quantitative estimate of drug-likeness (QED) is 0.757. The zero-order valence-corrected chi connectivity index (χ0v) is 10.0. The van der Waals surface area contributed by atoms with Crippen LogP contribution >= 0.6 is 0 Å². The zero-order valence-electron chi connectivity index (χ0n) is 10.0. The van der Waals surface area contributed by atoms with E-state index in [4.69, 9.17) is 0 Å². The van der Waals surface area contributed by atoms with E-state index in [9.17, 15) is 22.8 Å². The lowest BCUT2D eigenvalue weighted by molar-refractivity contribution is -0.140. The van der Waals surface area contributed by atoms with Crippen molar-refractivity contribution in [3.8, 4) is 0 Å². The van der Waals surface area contributed by atoms with Gasteiger partial charge in [0.05, 0.1) is 13.2 Å². The lowest BCUT2D eigenvalue weighted by Gasteiger charge is -2.25. The first kappa shape index (κ1) is 15.7. The molecule has 7 heteroatoms. The number of ketones is 1. The Morgan fingerprint density at radius 2 is 1.88 bits per heavy atom. The number of halogens is 3. The normalized spacial score (nSPS) is 13.1. The Morgan fingerprint density at radius 1 is 1.35 bits per heavy atom. The number of carbonyl (C=O) groups excluding carboxylic acids is 2. The summed E-state index contributed by atoms with van der Waals surface area (Å²) < 4.78 is 40.6. The van der Waals surface area contributed by atoms with Crippen molar-refractivity contribution in [3.05, 3.63) is 0 Å². The van der Waals surface area contributed by atoms with Gasteiger partial charge in [0.2, 0.25) is 0 Å². The Labute approximate surface area is 97.7 Å². The Hall–Kier alpha value is -1.27. The summed E-state index contributed by atoms with van der Waals surface area (Å²) in [5.74, 6) is -0.415. The van der Waals surface area contributed by atoms with Crippen molar-refractivity contribution in [2.24, 2.45) is 0 Å². The second kappa shape index (κ2) is 6.46. The third kappa shape index (κ3) is 5.55. The topological polar surface area (TPSA) is 46.6 Å². The molecule has 0 aliphatic carbocycles. The van der Waals surface area contributed by atoms with Gasteiger partial charge in [-0.3, -0.25) is 4.79 Å². The highest BCUT2D eigenvalue weighted by Crippen LogP contribution is 2.24. The van der Waals surface area contributed by atoms with E-state index in [1.54, 1.807) is 0 Å². The Morgan fingerprint density at radius 3 is 2.24 bits per heavy atom. The molecule has 0 fully saturated rings. The van der Waals surface area contributed by atoms with Gasteiger partial charge in [0.1, 0.15) is 0 Å². The van der Waals surface area contributed by atoms with Gasteiger partial charge in [0.25, 0.3) is 0 Å². The molecule has 0 spiro atoms. The first-order chi connectivity index (χ1) is 7.72. The number of amides is 1. The van der Waals surface area contributed by atoms with E-state index in [0.29, 0.717) is 0 Å². The van der Waals surface area contributed by atoms with Crippen LogP contribution in [0.4, 0.5) is 18.0 Å². The minimum absolute atomic E-state index is 0.0733. The monoisotopic (exact) mass is 255 g/mol. The average Bonchev–Trinajstić information content (AvgIpc) is 2.25. The summed E-state index contributed by atoms with van der Waals surface area (Å²) in [4.78, 5) is 23.5. The molecule has 1 atom stereocenters. The van der Waals surface area contributed by atoms with Crippen molar-refractivity contribution in [3.63, 3.8) is 0 Å². The highest BCUT2D eigenvalue weighted by Gasteiger charge is 2.33. The van der Waals surface area contributed by atoms with Crippen LogP contribution in [0.15, 0.2) is 0 Å². The Bertz CT molecular complexity index is 278. The van der Waals surface area contributed by atoms with E-state index in [0.717, 1.165) is 12.0 Å². The van der Waals surface area contributed by atoms with Crippen LogP contribution in [0.3, 0.4) is 0 Å². The Kier molecular flexibility index (Phi) is 5.98. The molecule has 0 saturated heterocycles. The van der Waals surface area contributed by atoms with Crippen LogP contribution < -0.4 is 0 Å². The van der Waals surface area contributed by atoms with Crippen LogP contribution in [0.2, 0.25) is 0 Å². The van der Waals surface area contributed by atoms with Crippen LogP contribution in [-0.2, 0) is 9.53 Å². The van der Waals surface area contributed by atoms with Gasteiger partial charge < -0.3 is 9.64 Å². The zero-order chi connectivity index (χ0) is 13.6. The number of alkyl halides is 3. The smallest absolute Gasteiger partial charge is 0.409 e. The molecule has 0 bridgehead atoms. The van der Waals surface area contributed by atoms with E-state index in [1.165, 1.54) is 14.0 Å². The molecular formula is C10H16F3NO3. The first-order valence-corrected chi connectivity index (χ1v) is 5.13. The van der Waals surface area contributed by atoms with Crippen molar-refractivity contribution in [1.29, 1.82) is 0 Å². The molecule has 0 aliphatic heterocycles. The largest absolute Gasteiger partial charge is 0.453 e. The highest BCUT2D eigenvalue weighted by atomic mass is 19.4. The number of ether oxygens (including phenoxy) is 1. The molecule has 0 aromatic rings. The van der Waals surface area contributed by atoms with E-state index in [1.807, 2.05) is 0 Å². The lowest BCUT2D eigenvalue weighted by atomic mass is 10.0. The van der Waals surface area contributed by atoms with Crippen molar-refractivity contribution in [1.82, 2.24) is 4.90 Å². The van der Waals surface area contributed by atoms with Crippen LogP contribution in [0.1, 0.15) is 26.2 Å². The maximum atomic E-state index is 12.1. The van der Waals surface area contributed by atoms with Crippen LogP contribution in [0.5, 0.6) is 0 Å². The van der Waals surface area contributed by atoms with Crippen LogP contribution in [-0.4, -0.2) is 43.2 Å². The number of likely N-dealkylation sites (N-methyl/N-ethyl adjacent to an activating group) is 1. The summed E-state index contributed by atoms with van der Waals surface area (Å²) in [6, 6.07) is -1.09. The van der Waals surface area contributed by atoms with Gasteiger partial charge in [0.15, 0.2) is 5.78 Å². The van der Waals surface area contributed by atoms with Crippen LogP contribution in [0.25, 0.3) is 0 Å². The Balaban J connectivity index is 4.65. The second-order valence-electron chi connectivity index (χ2n) is 3.57. The van der Waals surface area contributed by atoms with Gasteiger partial charge in [0, 0.05) is 19.9 Å². The molecule has 4 nitrogen and oxygen atoms in total. The van der Waals surface area contributed by atoms with Gasteiger partial charge in [-0.05, 0) is 6.42 Å². The average molecular weight is 255 g/mol. The van der Waals surface area contributed by atoms with Crippen molar-refractivity contribution >= 4 is 11.9 Å². The predicted octanol–water partition coefficient (Wildman–Crippen LogP) is 2.37. The van der Waals surface area contributed by atoms with E-state index in [-0.39, 0.29) is 6.42 Å². The maximum Gasteiger partial charge on any atom is 0.409 e.